The fourth-order valence-corrected chi connectivity index (χ4v) is 6.13. The molecular formula is C39H46N2O8. The van der Waals surface area contributed by atoms with Crippen LogP contribution in [0.25, 0.3) is 0 Å². The molecule has 0 saturated carbocycles. The summed E-state index contributed by atoms with van der Waals surface area (Å²) in [5.74, 6) is 0.270. The molecule has 0 fully saturated rings. The molecular weight excluding hydrogens is 624 g/mol. The van der Waals surface area contributed by atoms with E-state index in [0.29, 0.717) is 45.3 Å². The monoisotopic (exact) mass is 670 g/mol. The third-order valence-corrected chi connectivity index (χ3v) is 9.15. The maximum absolute atomic E-state index is 14.1. The van der Waals surface area contributed by atoms with E-state index < -0.39 is 40.5 Å². The summed E-state index contributed by atoms with van der Waals surface area (Å²) in [6.07, 6.45) is 0. The topological polar surface area (TPSA) is 136 Å². The van der Waals surface area contributed by atoms with Crippen LogP contribution in [0, 0.1) is 5.41 Å². The normalized spacial score (nSPS) is 13.1. The highest BCUT2D eigenvalue weighted by Gasteiger charge is 2.48. The lowest BCUT2D eigenvalue weighted by atomic mass is 9.78. The van der Waals surface area contributed by atoms with Crippen molar-refractivity contribution in [3.8, 4) is 23.0 Å². The lowest BCUT2D eigenvalue weighted by molar-refractivity contribution is -0.144. The number of para-hydroxylation sites is 4. The molecule has 0 radical (unpaired) electrons. The van der Waals surface area contributed by atoms with Gasteiger partial charge in [-0.05, 0) is 52.0 Å². The molecule has 0 spiro atoms. The molecule has 0 aliphatic heterocycles. The quantitative estimate of drug-likeness (QED) is 0.139. The Kier molecular flexibility index (Phi) is 11.3. The summed E-state index contributed by atoms with van der Waals surface area (Å²) in [6.45, 7) is 6.26. The molecule has 2 amide bonds. The summed E-state index contributed by atoms with van der Waals surface area (Å²) in [4.78, 5) is 28.1. The van der Waals surface area contributed by atoms with E-state index in [1.54, 1.807) is 111 Å². The van der Waals surface area contributed by atoms with Gasteiger partial charge in [-0.25, -0.2) is 0 Å². The zero-order valence-electron chi connectivity index (χ0n) is 29.2. The number of nitrogens with one attached hydrogen (secondary N) is 2. The van der Waals surface area contributed by atoms with Crippen molar-refractivity contribution in [3.63, 3.8) is 0 Å². The first kappa shape index (κ1) is 36.8. The molecule has 0 aliphatic carbocycles. The molecule has 0 unspecified atom stereocenters. The number of carbonyl (C=O) groups is 2. The van der Waals surface area contributed by atoms with Crippen LogP contribution in [-0.4, -0.2) is 62.6 Å². The molecule has 10 nitrogen and oxygen atoms in total. The third-order valence-electron chi connectivity index (χ3n) is 9.15. The predicted octanol–water partition coefficient (Wildman–Crippen LogP) is 4.93. The minimum atomic E-state index is -1.84. The first-order valence-corrected chi connectivity index (χ1v) is 15.9. The molecule has 4 rings (SSSR count). The fraction of sp³-hybridized carbons (Fsp3) is 0.333. The highest BCUT2D eigenvalue weighted by molar-refractivity contribution is 6.04. The van der Waals surface area contributed by atoms with Gasteiger partial charge in [0.2, 0.25) is 11.8 Å². The van der Waals surface area contributed by atoms with Crippen LogP contribution in [0.5, 0.6) is 23.0 Å². The van der Waals surface area contributed by atoms with E-state index >= 15 is 0 Å². The van der Waals surface area contributed by atoms with E-state index in [1.807, 2.05) is 0 Å². The minimum absolute atomic E-state index is 0.393. The maximum Gasteiger partial charge on any atom is 0.235 e. The van der Waals surface area contributed by atoms with Crippen LogP contribution in [0.4, 0.5) is 0 Å². The van der Waals surface area contributed by atoms with Crippen molar-refractivity contribution in [1.29, 1.82) is 0 Å². The van der Waals surface area contributed by atoms with Gasteiger partial charge < -0.3 is 39.8 Å². The van der Waals surface area contributed by atoms with Crippen molar-refractivity contribution in [3.05, 3.63) is 119 Å². The van der Waals surface area contributed by atoms with Gasteiger partial charge >= 0.3 is 0 Å². The second kappa shape index (κ2) is 15.0. The van der Waals surface area contributed by atoms with Gasteiger partial charge in [0, 0.05) is 22.3 Å². The number of benzene rings is 4. The van der Waals surface area contributed by atoms with E-state index in [0.717, 1.165) is 0 Å². The number of aliphatic hydroxyl groups is 2. The molecule has 10 heteroatoms. The van der Waals surface area contributed by atoms with Gasteiger partial charge in [-0.1, -0.05) is 72.8 Å². The average Bonchev–Trinajstić information content (AvgIpc) is 3.13. The number of hydrogen-bond donors (Lipinski definition) is 4. The van der Waals surface area contributed by atoms with Gasteiger partial charge in [-0.2, -0.15) is 0 Å². The number of amides is 2. The second-order valence-electron chi connectivity index (χ2n) is 12.3. The first-order chi connectivity index (χ1) is 23.3. The van der Waals surface area contributed by atoms with Crippen LogP contribution < -0.4 is 29.6 Å². The highest BCUT2D eigenvalue weighted by atomic mass is 16.5. The molecule has 4 aromatic rings. The van der Waals surface area contributed by atoms with Crippen LogP contribution in [0.2, 0.25) is 0 Å². The lowest BCUT2D eigenvalue weighted by Crippen LogP contribution is -2.58. The van der Waals surface area contributed by atoms with Crippen LogP contribution in [0.1, 0.15) is 49.9 Å². The standard InChI is InChI=1S/C39H46N2O8/c1-25(38(44,27-17-9-13-21-31(27)46-5)28-18-10-14-22-32(28)47-6)40-35(42)37(3,4)36(43)41-26(2)39(45,29-19-11-15-23-33(29)48-7)30-20-12-16-24-34(30)49-8/h9-26,44-45H,1-8H3,(H,40,42)(H,41,43)/t25-,26-/m1/s1. The Morgan fingerprint density at radius 2 is 0.735 bits per heavy atom. The number of rotatable bonds is 14. The van der Waals surface area contributed by atoms with Crippen molar-refractivity contribution in [2.45, 2.75) is 51.0 Å². The van der Waals surface area contributed by atoms with Gasteiger partial charge in [0.25, 0.3) is 0 Å². The first-order valence-electron chi connectivity index (χ1n) is 15.9. The molecule has 0 saturated heterocycles. The number of methoxy groups -OCH3 is 4. The largest absolute Gasteiger partial charge is 0.496 e. The second-order valence-corrected chi connectivity index (χ2v) is 12.3. The summed E-state index contributed by atoms with van der Waals surface area (Å²) in [5.41, 5.74) is -3.79. The molecule has 2 atom stereocenters. The SMILES string of the molecule is COc1ccccc1C(O)(c1ccccc1OC)[C@@H](C)NC(=O)C(C)(C)C(=O)N[C@H](C)C(O)(c1ccccc1OC)c1ccccc1OC. The Morgan fingerprint density at radius 1 is 0.510 bits per heavy atom. The Bertz CT molecular complexity index is 1550. The van der Waals surface area contributed by atoms with Gasteiger partial charge in [0.1, 0.15) is 39.6 Å². The Morgan fingerprint density at radius 3 is 0.959 bits per heavy atom. The Hall–Kier alpha value is -5.06. The van der Waals surface area contributed by atoms with Crippen LogP contribution in [0.15, 0.2) is 97.1 Å². The smallest absolute Gasteiger partial charge is 0.235 e. The van der Waals surface area contributed by atoms with E-state index in [-0.39, 0.29) is 0 Å². The average molecular weight is 671 g/mol. The summed E-state index contributed by atoms with van der Waals surface area (Å²) in [5, 5.41) is 30.9. The van der Waals surface area contributed by atoms with Crippen molar-refractivity contribution in [2.75, 3.05) is 28.4 Å². The summed E-state index contributed by atoms with van der Waals surface area (Å²) >= 11 is 0. The van der Waals surface area contributed by atoms with Crippen molar-refractivity contribution < 1.29 is 38.7 Å². The molecule has 49 heavy (non-hydrogen) atoms. The molecule has 0 aliphatic rings. The number of ether oxygens (including phenoxy) is 4. The number of hydrogen-bond acceptors (Lipinski definition) is 8. The van der Waals surface area contributed by atoms with Crippen LogP contribution >= 0.6 is 0 Å². The zero-order valence-corrected chi connectivity index (χ0v) is 29.2. The fourth-order valence-electron chi connectivity index (χ4n) is 6.13. The summed E-state index contributed by atoms with van der Waals surface area (Å²) < 4.78 is 22.4. The Labute approximate surface area is 288 Å². The van der Waals surface area contributed by atoms with E-state index in [9.17, 15) is 19.8 Å². The van der Waals surface area contributed by atoms with Gasteiger partial charge in [-0.3, -0.25) is 9.59 Å². The molecule has 260 valence electrons. The highest BCUT2D eigenvalue weighted by Crippen LogP contribution is 2.44. The van der Waals surface area contributed by atoms with Crippen molar-refractivity contribution in [2.24, 2.45) is 5.41 Å². The summed E-state index contributed by atoms with van der Waals surface area (Å²) in [6, 6.07) is 25.9. The van der Waals surface area contributed by atoms with Gasteiger partial charge in [0.15, 0.2) is 0 Å². The predicted molar refractivity (Wildman–Crippen MR) is 187 cm³/mol. The van der Waals surface area contributed by atoms with Crippen molar-refractivity contribution >= 4 is 11.8 Å². The van der Waals surface area contributed by atoms with Crippen molar-refractivity contribution in [1.82, 2.24) is 10.6 Å². The van der Waals surface area contributed by atoms with E-state index in [2.05, 4.69) is 10.6 Å². The van der Waals surface area contributed by atoms with Gasteiger partial charge in [0.05, 0.1) is 40.5 Å². The molecule has 0 bridgehead atoms. The van der Waals surface area contributed by atoms with Crippen LogP contribution in [-0.2, 0) is 20.8 Å². The van der Waals surface area contributed by atoms with E-state index in [4.69, 9.17) is 18.9 Å². The summed E-state index contributed by atoms with van der Waals surface area (Å²) in [7, 11) is 5.99. The molecule has 4 N–H and O–H groups in total. The Balaban J connectivity index is 1.70. The zero-order chi connectivity index (χ0) is 36.0. The lowest BCUT2D eigenvalue weighted by Gasteiger charge is -2.40. The molecule has 0 heterocycles. The molecule has 0 aromatic heterocycles. The maximum atomic E-state index is 14.1. The van der Waals surface area contributed by atoms with E-state index in [1.165, 1.54) is 42.3 Å². The number of carbonyl (C=O) groups excluding carboxylic acids is 2. The van der Waals surface area contributed by atoms with Crippen LogP contribution in [0.3, 0.4) is 0 Å². The molecule has 4 aromatic carbocycles. The van der Waals surface area contributed by atoms with Gasteiger partial charge in [-0.15, -0.1) is 0 Å². The third kappa shape index (κ3) is 6.79. The minimum Gasteiger partial charge on any atom is -0.496 e.